The topological polar surface area (TPSA) is 31.0 Å². The Hall–Kier alpha value is -2.08. The Bertz CT molecular complexity index is 903. The van der Waals surface area contributed by atoms with Crippen LogP contribution in [0.25, 0.3) is 11.1 Å². The van der Waals surface area contributed by atoms with Crippen LogP contribution in [0.15, 0.2) is 42.5 Å². The molecule has 0 saturated carbocycles. The Morgan fingerprint density at radius 3 is 2.17 bits per heavy atom. The van der Waals surface area contributed by atoms with Gasteiger partial charge in [0.1, 0.15) is 5.75 Å². The van der Waals surface area contributed by atoms with E-state index >= 15 is 0 Å². The first-order valence-electron chi connectivity index (χ1n) is 14.4. The maximum absolute atomic E-state index is 6.45. The molecule has 2 aliphatic rings. The molecule has 36 heavy (non-hydrogen) atoms. The predicted molar refractivity (Wildman–Crippen MR) is 153 cm³/mol. The molecule has 2 saturated heterocycles. The summed E-state index contributed by atoms with van der Waals surface area (Å²) in [4.78, 5) is 7.45. The van der Waals surface area contributed by atoms with Crippen LogP contribution in [-0.4, -0.2) is 81.2 Å². The largest absolute Gasteiger partial charge is 0.491 e. The van der Waals surface area contributed by atoms with Gasteiger partial charge in [0.25, 0.3) is 0 Å². The highest BCUT2D eigenvalue weighted by Crippen LogP contribution is 2.33. The summed E-state index contributed by atoms with van der Waals surface area (Å²) in [7, 11) is 4.26. The summed E-state index contributed by atoms with van der Waals surface area (Å²) >= 11 is 0. The van der Waals surface area contributed by atoms with Gasteiger partial charge in [-0.2, -0.15) is 0 Å². The molecular weight excluding hydrogens is 444 g/mol. The second-order valence-corrected chi connectivity index (χ2v) is 10.9. The highest BCUT2D eigenvalue weighted by molar-refractivity contribution is 5.73. The number of anilines is 1. The lowest BCUT2D eigenvalue weighted by Crippen LogP contribution is -2.31. The molecule has 5 nitrogen and oxygen atoms in total. The van der Waals surface area contributed by atoms with E-state index in [1.165, 1.54) is 94.4 Å². The molecular formula is C31H48N4O. The minimum Gasteiger partial charge on any atom is -0.491 e. The third-order valence-electron chi connectivity index (χ3n) is 7.54. The minimum absolute atomic E-state index is 0.766. The van der Waals surface area contributed by atoms with Crippen molar-refractivity contribution in [3.05, 3.63) is 48.0 Å². The maximum Gasteiger partial charge on any atom is 0.142 e. The molecule has 4 rings (SSSR count). The number of benzene rings is 2. The van der Waals surface area contributed by atoms with Gasteiger partial charge in [-0.25, -0.2) is 0 Å². The van der Waals surface area contributed by atoms with E-state index in [-0.39, 0.29) is 0 Å². The third kappa shape index (κ3) is 8.50. The molecule has 2 aliphatic heterocycles. The number of nitrogens with zero attached hydrogens (tertiary/aromatic N) is 3. The zero-order chi connectivity index (χ0) is 25.0. The van der Waals surface area contributed by atoms with Crippen molar-refractivity contribution in [1.82, 2.24) is 14.7 Å². The Morgan fingerprint density at radius 2 is 1.47 bits per heavy atom. The van der Waals surface area contributed by atoms with Gasteiger partial charge in [-0.15, -0.1) is 0 Å². The van der Waals surface area contributed by atoms with Crippen molar-refractivity contribution in [1.29, 1.82) is 0 Å². The van der Waals surface area contributed by atoms with Crippen LogP contribution in [0.3, 0.4) is 0 Å². The fourth-order valence-corrected chi connectivity index (χ4v) is 5.60. The second kappa shape index (κ2) is 14.6. The Morgan fingerprint density at radius 1 is 0.806 bits per heavy atom. The summed E-state index contributed by atoms with van der Waals surface area (Å²) in [6.07, 6.45) is 10.5. The number of hydrogen-bond acceptors (Lipinski definition) is 5. The molecule has 0 bridgehead atoms. The average Bonchev–Trinajstić information content (AvgIpc) is 2.91. The van der Waals surface area contributed by atoms with Crippen LogP contribution >= 0.6 is 0 Å². The lowest BCUT2D eigenvalue weighted by Gasteiger charge is -2.26. The summed E-state index contributed by atoms with van der Waals surface area (Å²) in [5.74, 6) is 0.990. The van der Waals surface area contributed by atoms with Crippen molar-refractivity contribution in [2.45, 2.75) is 57.9 Å². The summed E-state index contributed by atoms with van der Waals surface area (Å²) in [5, 5.41) is 3.70. The number of rotatable bonds is 13. The van der Waals surface area contributed by atoms with E-state index in [9.17, 15) is 0 Å². The van der Waals surface area contributed by atoms with Gasteiger partial charge < -0.3 is 24.8 Å². The molecule has 0 unspecified atom stereocenters. The van der Waals surface area contributed by atoms with Crippen molar-refractivity contribution in [3.8, 4) is 16.9 Å². The molecule has 0 spiro atoms. The molecule has 0 aromatic heterocycles. The van der Waals surface area contributed by atoms with E-state index in [1.54, 1.807) is 0 Å². The highest BCUT2D eigenvalue weighted by atomic mass is 16.5. The van der Waals surface area contributed by atoms with Gasteiger partial charge >= 0.3 is 0 Å². The molecule has 2 aromatic carbocycles. The summed E-state index contributed by atoms with van der Waals surface area (Å²) < 4.78 is 6.45. The molecule has 0 radical (unpaired) electrons. The van der Waals surface area contributed by atoms with Crippen molar-refractivity contribution >= 4 is 5.69 Å². The normalized spacial score (nSPS) is 17.4. The molecule has 2 heterocycles. The Labute approximate surface area is 219 Å². The SMILES string of the molecule is CN(C)Cc1ccccc1-c1ccc(NCCCN2CCCCC2)c(OCCCN2CCCCC2)c1. The first-order chi connectivity index (χ1) is 17.7. The molecule has 2 fully saturated rings. The summed E-state index contributed by atoms with van der Waals surface area (Å²) in [6, 6.07) is 15.5. The predicted octanol–water partition coefficient (Wildman–Crippen LogP) is 5.96. The number of nitrogens with one attached hydrogen (secondary N) is 1. The summed E-state index contributed by atoms with van der Waals surface area (Å²) in [5.41, 5.74) is 5.00. The zero-order valence-corrected chi connectivity index (χ0v) is 22.8. The van der Waals surface area contributed by atoms with Gasteiger partial charge in [0, 0.05) is 19.6 Å². The van der Waals surface area contributed by atoms with Crippen LogP contribution < -0.4 is 10.1 Å². The van der Waals surface area contributed by atoms with Crippen LogP contribution in [0, 0.1) is 0 Å². The average molecular weight is 493 g/mol. The van der Waals surface area contributed by atoms with Crippen LogP contribution in [0.5, 0.6) is 5.75 Å². The van der Waals surface area contributed by atoms with Gasteiger partial charge in [-0.05, 0) is 114 Å². The number of piperidine rings is 2. The molecule has 1 N–H and O–H groups in total. The van der Waals surface area contributed by atoms with Crippen molar-refractivity contribution in [3.63, 3.8) is 0 Å². The van der Waals surface area contributed by atoms with Crippen LogP contribution in [-0.2, 0) is 6.54 Å². The third-order valence-corrected chi connectivity index (χ3v) is 7.54. The van der Waals surface area contributed by atoms with E-state index in [0.717, 1.165) is 44.1 Å². The van der Waals surface area contributed by atoms with E-state index in [4.69, 9.17) is 4.74 Å². The maximum atomic E-state index is 6.45. The van der Waals surface area contributed by atoms with E-state index < -0.39 is 0 Å². The molecule has 198 valence electrons. The van der Waals surface area contributed by atoms with Gasteiger partial charge in [0.2, 0.25) is 0 Å². The smallest absolute Gasteiger partial charge is 0.142 e. The minimum atomic E-state index is 0.766. The first-order valence-corrected chi connectivity index (χ1v) is 14.4. The molecule has 0 atom stereocenters. The summed E-state index contributed by atoms with van der Waals surface area (Å²) in [6.45, 7) is 10.1. The molecule has 5 heteroatoms. The van der Waals surface area contributed by atoms with E-state index in [0.29, 0.717) is 0 Å². The number of likely N-dealkylation sites (tertiary alicyclic amines) is 2. The zero-order valence-electron chi connectivity index (χ0n) is 22.8. The highest BCUT2D eigenvalue weighted by Gasteiger charge is 2.13. The number of hydrogen-bond donors (Lipinski definition) is 1. The van der Waals surface area contributed by atoms with Gasteiger partial charge in [0.15, 0.2) is 0 Å². The lowest BCUT2D eigenvalue weighted by atomic mass is 9.98. The standard InChI is InChI=1S/C31H48N4O/c1-33(2)26-28-13-5-6-14-29(28)27-15-16-30(32-17-11-22-34-18-7-3-8-19-34)31(25-27)36-24-12-23-35-20-9-4-10-21-35/h5-6,13-16,25,32H,3-4,7-12,17-24,26H2,1-2H3. The molecule has 0 amide bonds. The number of ether oxygens (including phenoxy) is 1. The fraction of sp³-hybridized carbons (Fsp3) is 0.613. The Balaban J connectivity index is 1.40. The van der Waals surface area contributed by atoms with E-state index in [1.807, 2.05) is 0 Å². The quantitative estimate of drug-likeness (QED) is 0.349. The molecule has 2 aromatic rings. The van der Waals surface area contributed by atoms with Gasteiger partial charge in [-0.1, -0.05) is 43.2 Å². The van der Waals surface area contributed by atoms with Crippen LogP contribution in [0.4, 0.5) is 5.69 Å². The van der Waals surface area contributed by atoms with Crippen LogP contribution in [0.1, 0.15) is 56.9 Å². The lowest BCUT2D eigenvalue weighted by molar-refractivity contribution is 0.205. The van der Waals surface area contributed by atoms with E-state index in [2.05, 4.69) is 76.6 Å². The Kier molecular flexibility index (Phi) is 10.9. The fourth-order valence-electron chi connectivity index (χ4n) is 5.60. The van der Waals surface area contributed by atoms with Crippen molar-refractivity contribution in [2.75, 3.05) is 71.8 Å². The van der Waals surface area contributed by atoms with Crippen LogP contribution in [0.2, 0.25) is 0 Å². The molecule has 0 aliphatic carbocycles. The monoisotopic (exact) mass is 492 g/mol. The first kappa shape index (κ1) is 27.0. The van der Waals surface area contributed by atoms with Crippen molar-refractivity contribution in [2.24, 2.45) is 0 Å². The van der Waals surface area contributed by atoms with Gasteiger partial charge in [0.05, 0.1) is 12.3 Å². The van der Waals surface area contributed by atoms with Gasteiger partial charge in [-0.3, -0.25) is 0 Å². The van der Waals surface area contributed by atoms with Crippen molar-refractivity contribution < 1.29 is 4.74 Å². The second-order valence-electron chi connectivity index (χ2n) is 10.9.